The van der Waals surface area contributed by atoms with Gasteiger partial charge in [-0.05, 0) is 36.8 Å². The molecule has 23 heavy (non-hydrogen) atoms. The van der Waals surface area contributed by atoms with Gasteiger partial charge in [0.25, 0.3) is 10.0 Å². The second-order valence-electron chi connectivity index (χ2n) is 4.80. The third kappa shape index (κ3) is 2.50. The van der Waals surface area contributed by atoms with E-state index in [2.05, 4.69) is 9.97 Å². The molecule has 0 N–H and O–H groups in total. The van der Waals surface area contributed by atoms with Crippen LogP contribution >= 0.6 is 0 Å². The Kier molecular flexibility index (Phi) is 3.69. The second-order valence-corrected chi connectivity index (χ2v) is 6.58. The fourth-order valence-electron chi connectivity index (χ4n) is 2.23. The number of hydrogen-bond acceptors (Lipinski definition) is 4. The van der Waals surface area contributed by atoms with Crippen LogP contribution < -0.4 is 0 Å². The van der Waals surface area contributed by atoms with Crippen molar-refractivity contribution in [2.24, 2.45) is 0 Å². The van der Waals surface area contributed by atoms with Crippen LogP contribution in [0.2, 0.25) is 0 Å². The van der Waals surface area contributed by atoms with Gasteiger partial charge in [-0.3, -0.25) is 4.98 Å². The number of hydrogen-bond donors (Lipinski definition) is 0. The van der Waals surface area contributed by atoms with Gasteiger partial charge in [-0.1, -0.05) is 0 Å². The van der Waals surface area contributed by atoms with Crippen molar-refractivity contribution in [2.45, 2.75) is 11.8 Å². The first kappa shape index (κ1) is 15.3. The van der Waals surface area contributed by atoms with E-state index in [0.29, 0.717) is 9.54 Å². The van der Waals surface area contributed by atoms with E-state index in [1.165, 1.54) is 36.8 Å². The Labute approximate surface area is 131 Å². The maximum Gasteiger partial charge on any atom is 0.270 e. The summed E-state index contributed by atoms with van der Waals surface area (Å²) in [6, 6.07) is 5.15. The minimum Gasteiger partial charge on any atom is -0.263 e. The Morgan fingerprint density at radius 1 is 1.13 bits per heavy atom. The lowest BCUT2D eigenvalue weighted by Gasteiger charge is -2.12. The van der Waals surface area contributed by atoms with E-state index in [4.69, 9.17) is 0 Å². The molecule has 0 aliphatic rings. The van der Waals surface area contributed by atoms with E-state index in [1.54, 1.807) is 6.92 Å². The van der Waals surface area contributed by atoms with E-state index >= 15 is 0 Å². The molecule has 0 radical (unpaired) electrons. The highest BCUT2D eigenvalue weighted by atomic mass is 32.2. The zero-order chi connectivity index (χ0) is 16.6. The predicted octanol–water partition coefficient (Wildman–Crippen LogP) is 2.77. The fraction of sp³-hybridized carbons (Fsp3) is 0.0667. The van der Waals surface area contributed by atoms with Crippen LogP contribution in [0.5, 0.6) is 0 Å². The Balaban J connectivity index is 2.28. The molecule has 0 saturated carbocycles. The molecule has 3 aromatic heterocycles. The smallest absolute Gasteiger partial charge is 0.263 e. The standard InChI is InChI=1S/C15H11F2N3O2S/c1-10-4-7-18-9-13(10)23(21,22)20-8-5-12(16)14(20)11-3-2-6-19-15(11)17/h2-9H,1H3. The van der Waals surface area contributed by atoms with Gasteiger partial charge in [0.05, 0.1) is 5.56 Å². The maximum absolute atomic E-state index is 14.1. The van der Waals surface area contributed by atoms with E-state index in [9.17, 15) is 17.2 Å². The van der Waals surface area contributed by atoms with Gasteiger partial charge in [0, 0.05) is 24.8 Å². The van der Waals surface area contributed by atoms with Crippen molar-refractivity contribution in [3.63, 3.8) is 0 Å². The number of nitrogens with zero attached hydrogens (tertiary/aromatic N) is 3. The quantitative estimate of drug-likeness (QED) is 0.691. The van der Waals surface area contributed by atoms with Gasteiger partial charge in [0.15, 0.2) is 0 Å². The summed E-state index contributed by atoms with van der Waals surface area (Å²) in [6.07, 6.45) is 4.86. The van der Waals surface area contributed by atoms with Crippen molar-refractivity contribution in [3.05, 3.63) is 66.4 Å². The van der Waals surface area contributed by atoms with Crippen molar-refractivity contribution in [1.29, 1.82) is 0 Å². The molecular formula is C15H11F2N3O2S. The molecule has 0 atom stereocenters. The SMILES string of the molecule is Cc1ccncc1S(=O)(=O)n1ccc(F)c1-c1cccnc1F. The van der Waals surface area contributed by atoms with Crippen LogP contribution in [0.4, 0.5) is 8.78 Å². The number of rotatable bonds is 3. The van der Waals surface area contributed by atoms with Crippen molar-refractivity contribution < 1.29 is 17.2 Å². The topological polar surface area (TPSA) is 64.8 Å². The summed E-state index contributed by atoms with van der Waals surface area (Å²) in [7, 11) is -4.12. The molecule has 3 heterocycles. The minimum absolute atomic E-state index is 0.0823. The molecule has 0 amide bonds. The molecule has 0 saturated heterocycles. The summed E-state index contributed by atoms with van der Waals surface area (Å²) in [5.41, 5.74) is -0.189. The Hall–Kier alpha value is -2.61. The van der Waals surface area contributed by atoms with Gasteiger partial charge >= 0.3 is 0 Å². The zero-order valence-corrected chi connectivity index (χ0v) is 12.8. The Bertz CT molecular complexity index is 984. The summed E-state index contributed by atoms with van der Waals surface area (Å²) >= 11 is 0. The van der Waals surface area contributed by atoms with Gasteiger partial charge in [-0.2, -0.15) is 4.39 Å². The molecular weight excluding hydrogens is 324 g/mol. The lowest BCUT2D eigenvalue weighted by atomic mass is 10.2. The molecule has 118 valence electrons. The molecule has 8 heteroatoms. The molecule has 0 aliphatic heterocycles. The molecule has 0 spiro atoms. The van der Waals surface area contributed by atoms with Gasteiger partial charge < -0.3 is 0 Å². The molecule has 5 nitrogen and oxygen atoms in total. The molecule has 3 aromatic rings. The second kappa shape index (κ2) is 5.54. The molecule has 0 aromatic carbocycles. The maximum atomic E-state index is 14.1. The molecule has 0 bridgehead atoms. The highest BCUT2D eigenvalue weighted by Gasteiger charge is 2.26. The number of aryl methyl sites for hydroxylation is 1. The Morgan fingerprint density at radius 3 is 2.61 bits per heavy atom. The van der Waals surface area contributed by atoms with Crippen molar-refractivity contribution in [2.75, 3.05) is 0 Å². The number of pyridine rings is 2. The fourth-order valence-corrected chi connectivity index (χ4v) is 3.76. The monoisotopic (exact) mass is 335 g/mol. The first-order valence-corrected chi connectivity index (χ1v) is 8.01. The first-order chi connectivity index (χ1) is 10.9. The van der Waals surface area contributed by atoms with Crippen LogP contribution in [0.15, 0.2) is 53.9 Å². The highest BCUT2D eigenvalue weighted by molar-refractivity contribution is 7.90. The molecule has 0 aliphatic carbocycles. The first-order valence-electron chi connectivity index (χ1n) is 6.57. The molecule has 0 unspecified atom stereocenters. The van der Waals surface area contributed by atoms with E-state index in [0.717, 1.165) is 12.3 Å². The lowest BCUT2D eigenvalue weighted by molar-refractivity contribution is 0.576. The van der Waals surface area contributed by atoms with Crippen molar-refractivity contribution >= 4 is 10.0 Å². The molecule has 3 rings (SSSR count). The van der Waals surface area contributed by atoms with Crippen LogP contribution in [-0.2, 0) is 10.0 Å². The van der Waals surface area contributed by atoms with Crippen LogP contribution in [-0.4, -0.2) is 22.4 Å². The summed E-state index contributed by atoms with van der Waals surface area (Å²) in [5, 5.41) is 0. The summed E-state index contributed by atoms with van der Waals surface area (Å²) in [4.78, 5) is 7.14. The summed E-state index contributed by atoms with van der Waals surface area (Å²) < 4.78 is 54.3. The van der Waals surface area contributed by atoms with Gasteiger partial charge in [0.1, 0.15) is 16.4 Å². The zero-order valence-electron chi connectivity index (χ0n) is 11.9. The average molecular weight is 335 g/mol. The largest absolute Gasteiger partial charge is 0.270 e. The third-order valence-corrected chi connectivity index (χ3v) is 5.15. The normalized spacial score (nSPS) is 11.6. The Morgan fingerprint density at radius 2 is 1.91 bits per heavy atom. The van der Waals surface area contributed by atoms with Gasteiger partial charge in [-0.15, -0.1) is 0 Å². The third-order valence-electron chi connectivity index (χ3n) is 3.34. The van der Waals surface area contributed by atoms with Crippen LogP contribution in [0.3, 0.4) is 0 Å². The highest BCUT2D eigenvalue weighted by Crippen LogP contribution is 2.29. The van der Waals surface area contributed by atoms with E-state index in [-0.39, 0.29) is 10.5 Å². The summed E-state index contributed by atoms with van der Waals surface area (Å²) in [5.74, 6) is -1.81. The average Bonchev–Trinajstić information content (AvgIpc) is 2.90. The van der Waals surface area contributed by atoms with Crippen molar-refractivity contribution in [1.82, 2.24) is 13.9 Å². The lowest BCUT2D eigenvalue weighted by Crippen LogP contribution is -2.15. The number of aromatic nitrogens is 3. The molecule has 0 fully saturated rings. The number of halogens is 2. The minimum atomic E-state index is -4.12. The van der Waals surface area contributed by atoms with Gasteiger partial charge in [-0.25, -0.2) is 21.8 Å². The summed E-state index contributed by atoms with van der Waals surface area (Å²) in [6.45, 7) is 1.60. The van der Waals surface area contributed by atoms with Crippen LogP contribution in [0.1, 0.15) is 5.56 Å². The predicted molar refractivity (Wildman–Crippen MR) is 79.1 cm³/mol. The van der Waals surface area contributed by atoms with Crippen LogP contribution in [0, 0.1) is 18.7 Å². The van der Waals surface area contributed by atoms with Crippen molar-refractivity contribution in [3.8, 4) is 11.3 Å². The van der Waals surface area contributed by atoms with E-state index in [1.807, 2.05) is 0 Å². The van der Waals surface area contributed by atoms with Crippen LogP contribution in [0.25, 0.3) is 11.3 Å². The van der Waals surface area contributed by atoms with Gasteiger partial charge in [0.2, 0.25) is 5.95 Å². The van der Waals surface area contributed by atoms with E-state index < -0.39 is 27.5 Å².